The topological polar surface area (TPSA) is 41.1 Å². The zero-order chi connectivity index (χ0) is 18.1. The van der Waals surface area contributed by atoms with Crippen LogP contribution in [0.3, 0.4) is 0 Å². The molecule has 0 aliphatic carbocycles. The number of aromatic nitrogens is 2. The van der Waals surface area contributed by atoms with E-state index in [-0.39, 0.29) is 5.82 Å². The van der Waals surface area contributed by atoms with Gasteiger partial charge in [0.05, 0.1) is 0 Å². The molecule has 1 N–H and O–H groups in total. The summed E-state index contributed by atoms with van der Waals surface area (Å²) in [6, 6.07) is 13.4. The standard InChI is InChI=1S/C21H21FN4/c1-14-5-8-19-16(12-14)4-3-11-26(19)20-9-10-23-21(25-20)24-17-6-7-18(22)15(2)13-17/h5-10,12-13H,3-4,11H2,1-2H3,(H,23,24,25). The first-order chi connectivity index (χ1) is 12.6. The third kappa shape index (κ3) is 3.25. The number of hydrogen-bond acceptors (Lipinski definition) is 4. The molecule has 1 aliphatic heterocycles. The van der Waals surface area contributed by atoms with E-state index in [0.29, 0.717) is 11.5 Å². The Bertz CT molecular complexity index is 954. The van der Waals surface area contributed by atoms with Gasteiger partial charge in [-0.15, -0.1) is 0 Å². The second-order valence-corrected chi connectivity index (χ2v) is 6.71. The maximum atomic E-state index is 13.4. The number of nitrogens with one attached hydrogen (secondary N) is 1. The van der Waals surface area contributed by atoms with Crippen molar-refractivity contribution in [1.82, 2.24) is 9.97 Å². The van der Waals surface area contributed by atoms with E-state index in [2.05, 4.69) is 45.3 Å². The van der Waals surface area contributed by atoms with E-state index in [1.807, 2.05) is 6.07 Å². The molecular formula is C21H21FN4. The molecule has 0 bridgehead atoms. The molecule has 5 heteroatoms. The fourth-order valence-corrected chi connectivity index (χ4v) is 3.38. The molecule has 0 unspecified atom stereocenters. The molecule has 0 radical (unpaired) electrons. The molecule has 1 aromatic heterocycles. The molecule has 0 fully saturated rings. The Morgan fingerprint density at radius 1 is 1.08 bits per heavy atom. The number of fused-ring (bicyclic) bond motifs is 1. The highest BCUT2D eigenvalue weighted by atomic mass is 19.1. The molecule has 26 heavy (non-hydrogen) atoms. The van der Waals surface area contributed by atoms with Crippen molar-refractivity contribution < 1.29 is 4.39 Å². The average molecular weight is 348 g/mol. The monoisotopic (exact) mass is 348 g/mol. The van der Waals surface area contributed by atoms with E-state index in [1.165, 1.54) is 22.9 Å². The largest absolute Gasteiger partial charge is 0.326 e. The van der Waals surface area contributed by atoms with Crippen LogP contribution in [-0.4, -0.2) is 16.5 Å². The normalized spacial score (nSPS) is 13.4. The molecule has 2 aromatic carbocycles. The van der Waals surface area contributed by atoms with Gasteiger partial charge in [-0.05, 0) is 68.1 Å². The summed E-state index contributed by atoms with van der Waals surface area (Å²) in [5.74, 6) is 1.16. The minimum Gasteiger partial charge on any atom is -0.326 e. The van der Waals surface area contributed by atoms with Crippen LogP contribution in [0.5, 0.6) is 0 Å². The third-order valence-corrected chi connectivity index (χ3v) is 4.69. The van der Waals surface area contributed by atoms with Crippen molar-refractivity contribution in [2.45, 2.75) is 26.7 Å². The Morgan fingerprint density at radius 3 is 2.81 bits per heavy atom. The second kappa shape index (κ2) is 6.75. The summed E-state index contributed by atoms with van der Waals surface area (Å²) in [4.78, 5) is 11.2. The van der Waals surface area contributed by atoms with Crippen LogP contribution < -0.4 is 10.2 Å². The van der Waals surface area contributed by atoms with Crippen LogP contribution in [0.25, 0.3) is 0 Å². The second-order valence-electron chi connectivity index (χ2n) is 6.71. The van der Waals surface area contributed by atoms with Crippen molar-refractivity contribution in [3.8, 4) is 0 Å². The van der Waals surface area contributed by atoms with Gasteiger partial charge in [-0.3, -0.25) is 0 Å². The summed E-state index contributed by atoms with van der Waals surface area (Å²) in [6.45, 7) is 4.79. The van der Waals surface area contributed by atoms with Crippen molar-refractivity contribution >= 4 is 23.1 Å². The van der Waals surface area contributed by atoms with E-state index in [4.69, 9.17) is 0 Å². The predicted octanol–water partition coefficient (Wildman–Crippen LogP) is 5.06. The summed E-state index contributed by atoms with van der Waals surface area (Å²) < 4.78 is 13.4. The fourth-order valence-electron chi connectivity index (χ4n) is 3.38. The van der Waals surface area contributed by atoms with E-state index < -0.39 is 0 Å². The zero-order valence-corrected chi connectivity index (χ0v) is 15.0. The SMILES string of the molecule is Cc1ccc2c(c1)CCCN2c1ccnc(Nc2ccc(F)c(C)c2)n1. The first kappa shape index (κ1) is 16.5. The van der Waals surface area contributed by atoms with Crippen molar-refractivity contribution in [2.75, 3.05) is 16.8 Å². The Morgan fingerprint density at radius 2 is 1.96 bits per heavy atom. The Kier molecular flexibility index (Phi) is 4.29. The number of hydrogen-bond donors (Lipinski definition) is 1. The smallest absolute Gasteiger partial charge is 0.229 e. The van der Waals surface area contributed by atoms with Crippen LogP contribution in [0.15, 0.2) is 48.7 Å². The highest BCUT2D eigenvalue weighted by Gasteiger charge is 2.19. The Hall–Kier alpha value is -2.95. The van der Waals surface area contributed by atoms with E-state index in [1.54, 1.807) is 25.3 Å². The van der Waals surface area contributed by atoms with Crippen LogP contribution in [0.4, 0.5) is 27.5 Å². The fraction of sp³-hybridized carbons (Fsp3) is 0.238. The molecule has 132 valence electrons. The van der Waals surface area contributed by atoms with E-state index in [9.17, 15) is 4.39 Å². The lowest BCUT2D eigenvalue weighted by Crippen LogP contribution is -2.25. The van der Waals surface area contributed by atoms with Gasteiger partial charge in [-0.1, -0.05) is 17.7 Å². The molecule has 1 aliphatic rings. The van der Waals surface area contributed by atoms with Gasteiger partial charge >= 0.3 is 0 Å². The lowest BCUT2D eigenvalue weighted by atomic mass is 9.99. The summed E-state index contributed by atoms with van der Waals surface area (Å²) >= 11 is 0. The molecule has 0 atom stereocenters. The minimum atomic E-state index is -0.217. The Labute approximate surface area is 152 Å². The average Bonchev–Trinajstić information content (AvgIpc) is 2.64. The molecular weight excluding hydrogens is 327 g/mol. The van der Waals surface area contributed by atoms with Gasteiger partial charge in [-0.2, -0.15) is 4.98 Å². The van der Waals surface area contributed by atoms with Gasteiger partial charge in [0.1, 0.15) is 11.6 Å². The zero-order valence-electron chi connectivity index (χ0n) is 15.0. The predicted molar refractivity (Wildman–Crippen MR) is 103 cm³/mol. The number of nitrogens with zero attached hydrogens (tertiary/aromatic N) is 3. The van der Waals surface area contributed by atoms with Gasteiger partial charge in [0, 0.05) is 24.1 Å². The molecule has 4 rings (SSSR count). The number of anilines is 4. The summed E-state index contributed by atoms with van der Waals surface area (Å²) in [6.07, 6.45) is 3.95. The van der Waals surface area contributed by atoms with Crippen molar-refractivity contribution in [1.29, 1.82) is 0 Å². The summed E-state index contributed by atoms with van der Waals surface area (Å²) in [5, 5.41) is 3.17. The van der Waals surface area contributed by atoms with Crippen molar-refractivity contribution in [2.24, 2.45) is 0 Å². The van der Waals surface area contributed by atoms with Gasteiger partial charge in [0.15, 0.2) is 0 Å². The lowest BCUT2D eigenvalue weighted by molar-refractivity contribution is 0.619. The number of halogens is 1. The maximum absolute atomic E-state index is 13.4. The van der Waals surface area contributed by atoms with Gasteiger partial charge < -0.3 is 10.2 Å². The highest BCUT2D eigenvalue weighted by Crippen LogP contribution is 2.33. The quantitative estimate of drug-likeness (QED) is 0.718. The van der Waals surface area contributed by atoms with Crippen molar-refractivity contribution in [3.05, 3.63) is 71.2 Å². The highest BCUT2D eigenvalue weighted by molar-refractivity contribution is 5.67. The minimum absolute atomic E-state index is 0.217. The number of benzene rings is 2. The number of rotatable bonds is 3. The number of aryl methyl sites for hydroxylation is 3. The van der Waals surface area contributed by atoms with Crippen molar-refractivity contribution in [3.63, 3.8) is 0 Å². The molecule has 0 saturated carbocycles. The van der Waals surface area contributed by atoms with Gasteiger partial charge in [-0.25, -0.2) is 9.37 Å². The van der Waals surface area contributed by atoms with Gasteiger partial charge in [0.25, 0.3) is 0 Å². The Balaban J connectivity index is 1.63. The lowest BCUT2D eigenvalue weighted by Gasteiger charge is -2.30. The first-order valence-corrected chi connectivity index (χ1v) is 8.83. The van der Waals surface area contributed by atoms with E-state index in [0.717, 1.165) is 30.9 Å². The summed E-state index contributed by atoms with van der Waals surface area (Å²) in [5.41, 5.74) is 5.21. The summed E-state index contributed by atoms with van der Waals surface area (Å²) in [7, 11) is 0. The maximum Gasteiger partial charge on any atom is 0.229 e. The molecule has 0 spiro atoms. The van der Waals surface area contributed by atoms with Crippen LogP contribution in [0, 0.1) is 19.7 Å². The van der Waals surface area contributed by atoms with Crippen LogP contribution in [0.2, 0.25) is 0 Å². The van der Waals surface area contributed by atoms with Crippen LogP contribution in [-0.2, 0) is 6.42 Å². The first-order valence-electron chi connectivity index (χ1n) is 8.83. The van der Waals surface area contributed by atoms with Crippen LogP contribution >= 0.6 is 0 Å². The van der Waals surface area contributed by atoms with E-state index >= 15 is 0 Å². The molecule has 2 heterocycles. The third-order valence-electron chi connectivity index (χ3n) is 4.69. The molecule has 4 nitrogen and oxygen atoms in total. The molecule has 0 amide bonds. The van der Waals surface area contributed by atoms with Crippen LogP contribution in [0.1, 0.15) is 23.1 Å². The van der Waals surface area contributed by atoms with Gasteiger partial charge in [0.2, 0.25) is 5.95 Å². The molecule has 3 aromatic rings. The molecule has 0 saturated heterocycles.